The van der Waals surface area contributed by atoms with Crippen molar-refractivity contribution in [2.24, 2.45) is 0 Å². The molecule has 0 bridgehead atoms. The molecule has 7 heteroatoms. The third-order valence-corrected chi connectivity index (χ3v) is 5.71. The average molecular weight is 479 g/mol. The summed E-state index contributed by atoms with van der Waals surface area (Å²) >= 11 is 12.4. The number of ether oxygens (including phenoxy) is 1. The van der Waals surface area contributed by atoms with E-state index >= 15 is 0 Å². The summed E-state index contributed by atoms with van der Waals surface area (Å²) in [5.74, 6) is 0.525. The van der Waals surface area contributed by atoms with Crippen LogP contribution in [0.5, 0.6) is 5.75 Å². The highest BCUT2D eigenvalue weighted by molar-refractivity contribution is 6.35. The zero-order chi connectivity index (χ0) is 23.3. The third-order valence-electron chi connectivity index (χ3n) is 5.12. The van der Waals surface area contributed by atoms with Crippen LogP contribution in [0.25, 0.3) is 0 Å². The second-order valence-corrected chi connectivity index (χ2v) is 8.43. The maximum Gasteiger partial charge on any atom is 0.242 e. The fourth-order valence-corrected chi connectivity index (χ4v) is 3.80. The first-order chi connectivity index (χ1) is 15.5. The number of hydrogen-bond donors (Lipinski definition) is 1. The Balaban J connectivity index is 2.08. The second-order valence-electron chi connectivity index (χ2n) is 7.59. The summed E-state index contributed by atoms with van der Waals surface area (Å²) in [5.41, 5.74) is 0.754. The van der Waals surface area contributed by atoms with E-state index in [0.717, 1.165) is 24.2 Å². The number of carbonyl (C=O) groups is 2. The number of amides is 2. The molecule has 2 aromatic rings. The van der Waals surface area contributed by atoms with Crippen molar-refractivity contribution < 1.29 is 14.3 Å². The first kappa shape index (κ1) is 26.0. The van der Waals surface area contributed by atoms with Gasteiger partial charge in [-0.15, -0.1) is 0 Å². The molecule has 0 saturated carbocycles. The molecule has 5 nitrogen and oxygen atoms in total. The Labute approximate surface area is 201 Å². The third kappa shape index (κ3) is 8.36. The van der Waals surface area contributed by atoms with Gasteiger partial charge in [0.25, 0.3) is 0 Å². The molecule has 0 unspecified atom stereocenters. The van der Waals surface area contributed by atoms with Gasteiger partial charge in [0.15, 0.2) is 0 Å². The zero-order valence-corrected chi connectivity index (χ0v) is 20.3. The fourth-order valence-electron chi connectivity index (χ4n) is 3.33. The van der Waals surface area contributed by atoms with Crippen LogP contribution in [-0.4, -0.2) is 35.9 Å². The van der Waals surface area contributed by atoms with Crippen LogP contribution in [0.15, 0.2) is 48.5 Å². The summed E-state index contributed by atoms with van der Waals surface area (Å²) in [4.78, 5) is 27.7. The first-order valence-electron chi connectivity index (χ1n) is 11.1. The van der Waals surface area contributed by atoms with E-state index in [0.29, 0.717) is 36.0 Å². The summed E-state index contributed by atoms with van der Waals surface area (Å²) in [6, 6.07) is 14.1. The van der Waals surface area contributed by atoms with Crippen molar-refractivity contribution in [1.29, 1.82) is 0 Å². The van der Waals surface area contributed by atoms with Crippen molar-refractivity contribution in [3.63, 3.8) is 0 Å². The van der Waals surface area contributed by atoms with Gasteiger partial charge in [-0.25, -0.2) is 0 Å². The molecule has 0 aliphatic heterocycles. The highest BCUT2D eigenvalue weighted by Gasteiger charge is 2.28. The van der Waals surface area contributed by atoms with Crippen molar-refractivity contribution in [3.05, 3.63) is 64.1 Å². The second kappa shape index (κ2) is 14.0. The summed E-state index contributed by atoms with van der Waals surface area (Å²) < 4.78 is 5.70. The molecule has 2 rings (SSSR count). The molecule has 0 aromatic heterocycles. The molecule has 174 valence electrons. The number of nitrogens with zero attached hydrogens (tertiary/aromatic N) is 1. The maximum absolute atomic E-state index is 13.2. The van der Waals surface area contributed by atoms with Gasteiger partial charge < -0.3 is 15.0 Å². The van der Waals surface area contributed by atoms with Crippen LogP contribution in [0, 0.1) is 0 Å². The minimum Gasteiger partial charge on any atom is -0.494 e. The average Bonchev–Trinajstić information content (AvgIpc) is 2.78. The van der Waals surface area contributed by atoms with Crippen LogP contribution in [0.2, 0.25) is 10.0 Å². The van der Waals surface area contributed by atoms with Gasteiger partial charge in [-0.05, 0) is 49.1 Å². The molecular formula is C25H32Cl2N2O3. The normalized spacial score (nSPS) is 11.6. The van der Waals surface area contributed by atoms with Crippen LogP contribution >= 0.6 is 23.2 Å². The van der Waals surface area contributed by atoms with Crippen molar-refractivity contribution >= 4 is 35.0 Å². The molecule has 32 heavy (non-hydrogen) atoms. The monoisotopic (exact) mass is 478 g/mol. The van der Waals surface area contributed by atoms with Gasteiger partial charge in [0, 0.05) is 29.6 Å². The van der Waals surface area contributed by atoms with Gasteiger partial charge in [-0.1, -0.05) is 67.7 Å². The van der Waals surface area contributed by atoms with Crippen LogP contribution in [0.4, 0.5) is 0 Å². The summed E-state index contributed by atoms with van der Waals surface area (Å²) in [7, 11) is 0. The van der Waals surface area contributed by atoms with Crippen LogP contribution < -0.4 is 10.1 Å². The van der Waals surface area contributed by atoms with Crippen molar-refractivity contribution in [3.8, 4) is 5.75 Å². The maximum atomic E-state index is 13.2. The van der Waals surface area contributed by atoms with E-state index in [1.807, 2.05) is 37.3 Å². The van der Waals surface area contributed by atoms with E-state index in [1.165, 1.54) is 0 Å². The van der Waals surface area contributed by atoms with Gasteiger partial charge in [-0.3, -0.25) is 9.59 Å². The number of para-hydroxylation sites is 1. The number of unbranched alkanes of at least 4 members (excludes halogenated alkanes) is 1. The highest BCUT2D eigenvalue weighted by Crippen LogP contribution is 2.24. The lowest BCUT2D eigenvalue weighted by molar-refractivity contribution is -0.141. The quantitative estimate of drug-likeness (QED) is 0.365. The lowest BCUT2D eigenvalue weighted by Crippen LogP contribution is -2.49. The molecule has 0 radical (unpaired) electrons. The first-order valence-corrected chi connectivity index (χ1v) is 11.9. The molecular weight excluding hydrogens is 447 g/mol. The number of benzene rings is 2. The Bertz CT molecular complexity index is 862. The lowest BCUT2D eigenvalue weighted by Gasteiger charge is -2.31. The topological polar surface area (TPSA) is 58.6 Å². The summed E-state index contributed by atoms with van der Waals surface area (Å²) in [6.45, 7) is 5.24. The van der Waals surface area contributed by atoms with Crippen LogP contribution in [0.1, 0.15) is 51.5 Å². The molecule has 0 heterocycles. The molecule has 1 N–H and O–H groups in total. The van der Waals surface area contributed by atoms with E-state index in [-0.39, 0.29) is 24.8 Å². The summed E-state index contributed by atoms with van der Waals surface area (Å²) in [6.07, 6.45) is 3.22. The Morgan fingerprint density at radius 3 is 2.47 bits per heavy atom. The number of halogens is 2. The van der Waals surface area contributed by atoms with E-state index in [1.54, 1.807) is 23.1 Å². The van der Waals surface area contributed by atoms with Crippen LogP contribution in [-0.2, 0) is 16.1 Å². The van der Waals surface area contributed by atoms with Crippen molar-refractivity contribution in [2.75, 3.05) is 13.2 Å². The Morgan fingerprint density at radius 1 is 1.06 bits per heavy atom. The van der Waals surface area contributed by atoms with E-state index in [2.05, 4.69) is 12.2 Å². The van der Waals surface area contributed by atoms with Crippen LogP contribution in [0.3, 0.4) is 0 Å². The van der Waals surface area contributed by atoms with Gasteiger partial charge >= 0.3 is 0 Å². The number of rotatable bonds is 13. The predicted molar refractivity (Wildman–Crippen MR) is 130 cm³/mol. The van der Waals surface area contributed by atoms with Gasteiger partial charge in [0.2, 0.25) is 11.8 Å². The molecule has 0 fully saturated rings. The van der Waals surface area contributed by atoms with E-state index in [9.17, 15) is 9.59 Å². The smallest absolute Gasteiger partial charge is 0.242 e. The Hall–Kier alpha value is -2.24. The predicted octanol–water partition coefficient (Wildman–Crippen LogP) is 5.88. The van der Waals surface area contributed by atoms with E-state index < -0.39 is 6.04 Å². The Kier molecular flexibility index (Phi) is 11.4. The van der Waals surface area contributed by atoms with E-state index in [4.69, 9.17) is 27.9 Å². The number of nitrogens with one attached hydrogen (secondary N) is 1. The van der Waals surface area contributed by atoms with Crippen molar-refractivity contribution in [1.82, 2.24) is 10.2 Å². The minimum absolute atomic E-state index is 0.106. The molecule has 0 aliphatic rings. The Morgan fingerprint density at radius 2 is 1.81 bits per heavy atom. The minimum atomic E-state index is -0.568. The molecule has 2 amide bonds. The largest absolute Gasteiger partial charge is 0.494 e. The molecule has 2 aromatic carbocycles. The molecule has 0 saturated heterocycles. The molecule has 0 aliphatic carbocycles. The van der Waals surface area contributed by atoms with Gasteiger partial charge in [0.1, 0.15) is 11.8 Å². The molecule has 1 atom stereocenters. The summed E-state index contributed by atoms with van der Waals surface area (Å²) in [5, 5.41) is 3.96. The number of carbonyl (C=O) groups excluding carboxylic acids is 2. The number of hydrogen-bond acceptors (Lipinski definition) is 3. The zero-order valence-electron chi connectivity index (χ0n) is 18.8. The van der Waals surface area contributed by atoms with Gasteiger partial charge in [0.05, 0.1) is 6.61 Å². The van der Waals surface area contributed by atoms with Crippen molar-refractivity contribution in [2.45, 2.75) is 58.5 Å². The van der Waals surface area contributed by atoms with Gasteiger partial charge in [-0.2, -0.15) is 0 Å². The standard InChI is InChI=1S/C25H32Cl2N2O3/c1-3-5-15-28-25(31)23(4-2)29(18-19-13-14-20(26)17-22(19)27)24(30)12-9-16-32-21-10-7-6-8-11-21/h6-8,10-11,13-14,17,23H,3-5,9,12,15-16,18H2,1-2H3,(H,28,31)/t23-/m1/s1. The highest BCUT2D eigenvalue weighted by atomic mass is 35.5. The lowest BCUT2D eigenvalue weighted by atomic mass is 10.1. The SMILES string of the molecule is CCCCNC(=O)[C@@H](CC)N(Cc1ccc(Cl)cc1Cl)C(=O)CCCOc1ccccc1. The molecule has 0 spiro atoms. The fraction of sp³-hybridized carbons (Fsp3) is 0.440.